The van der Waals surface area contributed by atoms with E-state index in [2.05, 4.69) is 67.7 Å². The number of hydrogen-bond acceptors (Lipinski definition) is 2. The lowest BCUT2D eigenvalue weighted by Gasteiger charge is -2.32. The van der Waals surface area contributed by atoms with Gasteiger partial charge in [-0.1, -0.05) is 48.5 Å². The summed E-state index contributed by atoms with van der Waals surface area (Å²) in [5.74, 6) is -0.818. The van der Waals surface area contributed by atoms with Crippen LogP contribution < -0.4 is 5.32 Å². The first-order valence-corrected chi connectivity index (χ1v) is 9.16. The molecule has 0 atom stereocenters. The lowest BCUT2D eigenvalue weighted by Crippen LogP contribution is -2.38. The van der Waals surface area contributed by atoms with Gasteiger partial charge in [-0.15, -0.1) is 0 Å². The Kier molecular flexibility index (Phi) is 5.54. The van der Waals surface area contributed by atoms with Crippen LogP contribution in [0.4, 0.5) is 0 Å². The maximum absolute atomic E-state index is 11.2. The van der Waals surface area contributed by atoms with Gasteiger partial charge >= 0.3 is 5.97 Å². The molecule has 25 heavy (non-hydrogen) atoms. The third-order valence-electron chi connectivity index (χ3n) is 5.48. The van der Waals surface area contributed by atoms with Crippen LogP contribution in [-0.4, -0.2) is 17.1 Å². The summed E-state index contributed by atoms with van der Waals surface area (Å²) in [7, 11) is 0. The van der Waals surface area contributed by atoms with E-state index in [1.54, 1.807) is 0 Å². The van der Waals surface area contributed by atoms with Crippen molar-refractivity contribution in [1.82, 2.24) is 5.32 Å². The molecule has 0 radical (unpaired) electrons. The van der Waals surface area contributed by atoms with Crippen molar-refractivity contribution < 1.29 is 9.90 Å². The minimum Gasteiger partial charge on any atom is -0.481 e. The number of aryl methyl sites for hydroxylation is 2. The summed E-state index contributed by atoms with van der Waals surface area (Å²) in [6.45, 7) is 4.31. The van der Waals surface area contributed by atoms with Crippen LogP contribution in [0.15, 0.2) is 48.5 Å². The summed E-state index contributed by atoms with van der Waals surface area (Å²) in [6, 6.07) is 17.6. The zero-order valence-electron chi connectivity index (χ0n) is 15.0. The Morgan fingerprint density at radius 2 is 1.40 bits per heavy atom. The molecule has 0 spiro atoms. The maximum atomic E-state index is 11.2. The van der Waals surface area contributed by atoms with Crippen molar-refractivity contribution in [1.29, 1.82) is 0 Å². The molecule has 0 amide bonds. The number of carbonyl (C=O) groups is 1. The van der Waals surface area contributed by atoms with Crippen molar-refractivity contribution in [2.24, 2.45) is 5.92 Å². The predicted octanol–water partition coefficient (Wildman–Crippen LogP) is 4.63. The Bertz CT molecular complexity index is 687. The van der Waals surface area contributed by atoms with E-state index in [1.807, 2.05) is 0 Å². The second kappa shape index (κ2) is 7.83. The van der Waals surface area contributed by atoms with Crippen molar-refractivity contribution in [2.45, 2.75) is 51.6 Å². The fourth-order valence-corrected chi connectivity index (χ4v) is 3.91. The van der Waals surface area contributed by atoms with E-state index in [9.17, 15) is 9.90 Å². The highest BCUT2D eigenvalue weighted by Gasteiger charge is 2.28. The molecule has 2 aromatic rings. The van der Waals surface area contributed by atoms with Gasteiger partial charge in [-0.25, -0.2) is 0 Å². The predicted molar refractivity (Wildman–Crippen MR) is 101 cm³/mol. The summed E-state index contributed by atoms with van der Waals surface area (Å²) in [5, 5.41) is 13.1. The van der Waals surface area contributed by atoms with Crippen LogP contribution in [0.1, 0.15) is 54.0 Å². The molecule has 2 N–H and O–H groups in total. The van der Waals surface area contributed by atoms with Crippen molar-refractivity contribution in [3.05, 3.63) is 70.8 Å². The Morgan fingerprint density at radius 3 is 1.84 bits per heavy atom. The normalized spacial score (nSPS) is 20.6. The molecule has 0 aliphatic heterocycles. The van der Waals surface area contributed by atoms with E-state index in [-0.39, 0.29) is 12.0 Å². The second-order valence-corrected chi connectivity index (χ2v) is 7.20. The van der Waals surface area contributed by atoms with Gasteiger partial charge < -0.3 is 10.4 Å². The number of hydrogen-bond donors (Lipinski definition) is 2. The van der Waals surface area contributed by atoms with Crippen LogP contribution in [-0.2, 0) is 4.79 Å². The summed E-state index contributed by atoms with van der Waals surface area (Å²) >= 11 is 0. The molecule has 0 bridgehead atoms. The van der Waals surface area contributed by atoms with Gasteiger partial charge in [-0.05, 0) is 61.8 Å². The van der Waals surface area contributed by atoms with Crippen molar-refractivity contribution in [3.63, 3.8) is 0 Å². The average molecular weight is 337 g/mol. The van der Waals surface area contributed by atoms with Crippen molar-refractivity contribution >= 4 is 5.97 Å². The number of rotatable bonds is 5. The van der Waals surface area contributed by atoms with Gasteiger partial charge in [0.05, 0.1) is 12.0 Å². The van der Waals surface area contributed by atoms with Gasteiger partial charge in [-0.3, -0.25) is 4.79 Å². The second-order valence-electron chi connectivity index (χ2n) is 7.20. The standard InChI is InChI=1S/C22H27NO2/c1-15-7-3-5-9-19(15)21(20-10-6-4-8-16(20)2)23-18-13-11-17(12-14-18)22(24)25/h3-10,17-18,21,23H,11-14H2,1-2H3,(H,24,25). The van der Waals surface area contributed by atoms with E-state index in [0.717, 1.165) is 25.7 Å². The Morgan fingerprint density at radius 1 is 0.920 bits per heavy atom. The summed E-state index contributed by atoms with van der Waals surface area (Å²) in [6.07, 6.45) is 3.37. The molecule has 3 nitrogen and oxygen atoms in total. The van der Waals surface area contributed by atoms with Crippen LogP contribution in [0.5, 0.6) is 0 Å². The molecule has 1 fully saturated rings. The van der Waals surface area contributed by atoms with Gasteiger partial charge in [0.15, 0.2) is 0 Å². The number of nitrogens with one attached hydrogen (secondary N) is 1. The Labute approximate surface area is 150 Å². The van der Waals surface area contributed by atoms with E-state index >= 15 is 0 Å². The zero-order chi connectivity index (χ0) is 17.8. The summed E-state index contributed by atoms with van der Waals surface area (Å²) in [5.41, 5.74) is 5.17. The van der Waals surface area contributed by atoms with Crippen LogP contribution >= 0.6 is 0 Å². The third-order valence-corrected chi connectivity index (χ3v) is 5.48. The molecule has 3 heteroatoms. The molecule has 132 valence electrons. The van der Waals surface area contributed by atoms with Gasteiger partial charge in [0.1, 0.15) is 0 Å². The molecule has 0 heterocycles. The smallest absolute Gasteiger partial charge is 0.306 e. The van der Waals surface area contributed by atoms with E-state index in [1.165, 1.54) is 22.3 Å². The van der Waals surface area contributed by atoms with E-state index in [0.29, 0.717) is 6.04 Å². The lowest BCUT2D eigenvalue weighted by atomic mass is 9.84. The first-order chi connectivity index (χ1) is 12.1. The third kappa shape index (κ3) is 4.10. The quantitative estimate of drug-likeness (QED) is 0.836. The van der Waals surface area contributed by atoms with Crippen LogP contribution in [0, 0.1) is 19.8 Å². The van der Waals surface area contributed by atoms with Crippen molar-refractivity contribution in [3.8, 4) is 0 Å². The molecule has 1 saturated carbocycles. The monoisotopic (exact) mass is 337 g/mol. The topological polar surface area (TPSA) is 49.3 Å². The van der Waals surface area contributed by atoms with E-state index < -0.39 is 5.97 Å². The Balaban J connectivity index is 1.85. The van der Waals surface area contributed by atoms with Crippen molar-refractivity contribution in [2.75, 3.05) is 0 Å². The molecule has 3 rings (SSSR count). The first kappa shape index (κ1) is 17.7. The Hall–Kier alpha value is -2.13. The molecular formula is C22H27NO2. The molecule has 0 saturated heterocycles. The molecule has 0 aromatic heterocycles. The number of benzene rings is 2. The van der Waals surface area contributed by atoms with Crippen LogP contribution in [0.25, 0.3) is 0 Å². The van der Waals surface area contributed by atoms with Crippen LogP contribution in [0.2, 0.25) is 0 Å². The van der Waals surface area contributed by atoms with Gasteiger partial charge in [0.25, 0.3) is 0 Å². The number of carboxylic acids is 1. The zero-order valence-corrected chi connectivity index (χ0v) is 15.0. The first-order valence-electron chi connectivity index (χ1n) is 9.16. The number of carboxylic acid groups (broad SMARTS) is 1. The highest BCUT2D eigenvalue weighted by molar-refractivity contribution is 5.70. The average Bonchev–Trinajstić information content (AvgIpc) is 2.61. The maximum Gasteiger partial charge on any atom is 0.306 e. The van der Waals surface area contributed by atoms with Gasteiger partial charge in [0, 0.05) is 6.04 Å². The highest BCUT2D eigenvalue weighted by atomic mass is 16.4. The molecule has 2 aromatic carbocycles. The molecular weight excluding hydrogens is 310 g/mol. The van der Waals surface area contributed by atoms with Crippen LogP contribution in [0.3, 0.4) is 0 Å². The minimum atomic E-state index is -0.646. The van der Waals surface area contributed by atoms with Gasteiger partial charge in [-0.2, -0.15) is 0 Å². The lowest BCUT2D eigenvalue weighted by molar-refractivity contribution is -0.142. The fraction of sp³-hybridized carbons (Fsp3) is 0.409. The number of aliphatic carboxylic acids is 1. The van der Waals surface area contributed by atoms with E-state index in [4.69, 9.17) is 0 Å². The fourth-order valence-electron chi connectivity index (χ4n) is 3.91. The highest BCUT2D eigenvalue weighted by Crippen LogP contribution is 2.31. The molecule has 0 unspecified atom stereocenters. The summed E-state index contributed by atoms with van der Waals surface area (Å²) in [4.78, 5) is 11.2. The molecule has 1 aliphatic carbocycles. The SMILES string of the molecule is Cc1ccccc1C(NC1CCC(C(=O)O)CC1)c1ccccc1C. The molecule has 1 aliphatic rings. The van der Waals surface area contributed by atoms with Gasteiger partial charge in [0.2, 0.25) is 0 Å². The summed E-state index contributed by atoms with van der Waals surface area (Å²) < 4.78 is 0. The minimum absolute atomic E-state index is 0.147. The largest absolute Gasteiger partial charge is 0.481 e.